The van der Waals surface area contributed by atoms with E-state index in [-0.39, 0.29) is 24.2 Å². The summed E-state index contributed by atoms with van der Waals surface area (Å²) in [6.45, 7) is 1.93. The largest absolute Gasteiger partial charge is 0.490 e. The molecule has 0 spiro atoms. The zero-order chi connectivity index (χ0) is 23.2. The highest BCUT2D eigenvalue weighted by molar-refractivity contribution is 7.99. The van der Waals surface area contributed by atoms with Crippen molar-refractivity contribution >= 4 is 23.5 Å². The van der Waals surface area contributed by atoms with E-state index in [1.807, 2.05) is 6.92 Å². The van der Waals surface area contributed by atoms with Crippen LogP contribution < -0.4 is 10.1 Å². The monoisotopic (exact) mass is 467 g/mol. The number of nitrogens with one attached hydrogen (secondary N) is 2. The van der Waals surface area contributed by atoms with Gasteiger partial charge >= 0.3 is 0 Å². The number of aryl methyl sites for hydroxylation is 1. The number of halogens is 1. The number of aromatic amines is 1. The lowest BCUT2D eigenvalue weighted by molar-refractivity contribution is -0.115. The van der Waals surface area contributed by atoms with Crippen LogP contribution in [0.3, 0.4) is 0 Å². The molecule has 3 heterocycles. The van der Waals surface area contributed by atoms with Crippen LogP contribution in [0.2, 0.25) is 0 Å². The number of nitrogens with zero attached hydrogens (tertiary/aromatic N) is 5. The van der Waals surface area contributed by atoms with E-state index in [1.165, 1.54) is 30.2 Å². The molecule has 0 fully saturated rings. The lowest BCUT2D eigenvalue weighted by Gasteiger charge is -2.16. The minimum Gasteiger partial charge on any atom is -0.490 e. The van der Waals surface area contributed by atoms with Gasteiger partial charge in [0.05, 0.1) is 18.2 Å². The third-order valence-corrected chi connectivity index (χ3v) is 5.33. The highest BCUT2D eigenvalue weighted by Gasteiger charge is 2.14. The third kappa shape index (κ3) is 6.62. The molecule has 0 bridgehead atoms. The van der Waals surface area contributed by atoms with Crippen molar-refractivity contribution in [3.05, 3.63) is 72.1 Å². The highest BCUT2D eigenvalue weighted by atomic mass is 32.2. The molecule has 9 nitrogen and oxygen atoms in total. The third-order valence-electron chi connectivity index (χ3n) is 4.52. The van der Waals surface area contributed by atoms with Crippen molar-refractivity contribution in [3.63, 3.8) is 0 Å². The van der Waals surface area contributed by atoms with Crippen LogP contribution in [0.15, 0.2) is 65.2 Å². The van der Waals surface area contributed by atoms with Crippen molar-refractivity contribution in [2.75, 3.05) is 5.32 Å². The summed E-state index contributed by atoms with van der Waals surface area (Å²) in [6.07, 6.45) is 3.62. The predicted octanol–water partition coefficient (Wildman–Crippen LogP) is 3.41. The topological polar surface area (TPSA) is 111 Å². The molecule has 0 aliphatic rings. The van der Waals surface area contributed by atoms with Gasteiger partial charge in [0, 0.05) is 37.9 Å². The molecule has 4 aromatic rings. The molecule has 4 rings (SSSR count). The van der Waals surface area contributed by atoms with Crippen molar-refractivity contribution in [1.29, 1.82) is 0 Å². The SMILES string of the molecule is C[C@@H](Cc1ccc(F)cc1)Oc1cc(CC(=O)Nc2ccn(C)n2)nc(Sc2ncn[nH]2)c1. The maximum atomic E-state index is 13.2. The van der Waals surface area contributed by atoms with Gasteiger partial charge in [0.15, 0.2) is 11.0 Å². The van der Waals surface area contributed by atoms with E-state index < -0.39 is 0 Å². The summed E-state index contributed by atoms with van der Waals surface area (Å²) in [5.74, 6) is 0.527. The lowest BCUT2D eigenvalue weighted by Crippen LogP contribution is -2.17. The zero-order valence-electron chi connectivity index (χ0n) is 18.0. The Morgan fingerprint density at radius 1 is 1.27 bits per heavy atom. The molecule has 170 valence electrons. The summed E-state index contributed by atoms with van der Waals surface area (Å²) in [5.41, 5.74) is 1.50. The van der Waals surface area contributed by atoms with Crippen molar-refractivity contribution in [2.24, 2.45) is 7.05 Å². The Morgan fingerprint density at radius 2 is 2.09 bits per heavy atom. The van der Waals surface area contributed by atoms with E-state index in [4.69, 9.17) is 4.74 Å². The second kappa shape index (κ2) is 10.3. The smallest absolute Gasteiger partial charge is 0.231 e. The number of carbonyl (C=O) groups excluding carboxylic acids is 1. The van der Waals surface area contributed by atoms with E-state index >= 15 is 0 Å². The van der Waals surface area contributed by atoms with E-state index in [0.717, 1.165) is 5.56 Å². The van der Waals surface area contributed by atoms with Crippen LogP contribution in [0.5, 0.6) is 5.75 Å². The molecule has 11 heteroatoms. The molecular weight excluding hydrogens is 445 g/mol. The number of amides is 1. The standard InChI is InChI=1S/C22H22FN7O2S/c1-14(9-15-3-5-16(23)6-4-15)32-18-10-17(11-20(31)27-19-7-8-30(2)29-19)26-21(12-18)33-22-24-13-25-28-22/h3-8,10,12-14H,9,11H2,1-2H3,(H,24,25,28)(H,27,29,31)/t14-/m0/s1. The summed E-state index contributed by atoms with van der Waals surface area (Å²) >= 11 is 1.28. The van der Waals surface area contributed by atoms with Crippen LogP contribution in [-0.4, -0.2) is 42.0 Å². The van der Waals surface area contributed by atoms with E-state index in [0.29, 0.717) is 33.9 Å². The quantitative estimate of drug-likeness (QED) is 0.388. The van der Waals surface area contributed by atoms with Crippen LogP contribution in [-0.2, 0) is 24.7 Å². The predicted molar refractivity (Wildman–Crippen MR) is 120 cm³/mol. The Balaban J connectivity index is 1.49. The Labute approximate surface area is 193 Å². The van der Waals surface area contributed by atoms with Gasteiger partial charge in [0.2, 0.25) is 5.91 Å². The Morgan fingerprint density at radius 3 is 2.79 bits per heavy atom. The number of benzene rings is 1. The Bertz CT molecular complexity index is 1210. The zero-order valence-corrected chi connectivity index (χ0v) is 18.8. The number of hydrogen-bond donors (Lipinski definition) is 2. The van der Waals surface area contributed by atoms with Gasteiger partial charge in [-0.3, -0.25) is 14.6 Å². The van der Waals surface area contributed by atoms with Gasteiger partial charge in [-0.05, 0) is 36.4 Å². The fourth-order valence-electron chi connectivity index (χ4n) is 3.15. The van der Waals surface area contributed by atoms with Crippen LogP contribution >= 0.6 is 11.8 Å². The van der Waals surface area contributed by atoms with Crippen LogP contribution in [0.25, 0.3) is 0 Å². The number of pyridine rings is 1. The number of rotatable bonds is 9. The number of carbonyl (C=O) groups is 1. The Hall–Kier alpha value is -3.73. The summed E-state index contributed by atoms with van der Waals surface area (Å²) in [6, 6.07) is 11.6. The first-order valence-electron chi connectivity index (χ1n) is 10.2. The van der Waals surface area contributed by atoms with Gasteiger partial charge in [0.25, 0.3) is 0 Å². The van der Waals surface area contributed by atoms with Gasteiger partial charge in [-0.2, -0.15) is 10.2 Å². The molecule has 0 unspecified atom stereocenters. The van der Waals surface area contributed by atoms with E-state index in [1.54, 1.807) is 48.3 Å². The molecule has 0 saturated heterocycles. The van der Waals surface area contributed by atoms with Crippen molar-refractivity contribution < 1.29 is 13.9 Å². The van der Waals surface area contributed by atoms with Gasteiger partial charge in [-0.1, -0.05) is 12.1 Å². The molecule has 0 aliphatic carbocycles. The number of hydrogen-bond acceptors (Lipinski definition) is 7. The maximum absolute atomic E-state index is 13.2. The fourth-order valence-corrected chi connectivity index (χ4v) is 3.88. The molecule has 3 aromatic heterocycles. The summed E-state index contributed by atoms with van der Waals surface area (Å²) in [7, 11) is 1.78. The second-order valence-corrected chi connectivity index (χ2v) is 8.39. The first-order chi connectivity index (χ1) is 15.9. The first-order valence-corrected chi connectivity index (χ1v) is 11.0. The molecule has 2 N–H and O–H groups in total. The first kappa shape index (κ1) is 22.5. The van der Waals surface area contributed by atoms with Crippen molar-refractivity contribution in [2.45, 2.75) is 36.1 Å². The summed E-state index contributed by atoms with van der Waals surface area (Å²) in [5, 5.41) is 14.7. The van der Waals surface area contributed by atoms with E-state index in [9.17, 15) is 9.18 Å². The van der Waals surface area contributed by atoms with Gasteiger partial charge < -0.3 is 10.1 Å². The average Bonchev–Trinajstić information content (AvgIpc) is 3.41. The molecule has 1 amide bonds. The van der Waals surface area contributed by atoms with Crippen LogP contribution in [0.4, 0.5) is 10.2 Å². The molecule has 0 saturated carbocycles. The summed E-state index contributed by atoms with van der Waals surface area (Å²) in [4.78, 5) is 21.2. The molecule has 33 heavy (non-hydrogen) atoms. The van der Waals surface area contributed by atoms with Crippen molar-refractivity contribution in [3.8, 4) is 5.75 Å². The van der Waals surface area contributed by atoms with Gasteiger partial charge in [0.1, 0.15) is 22.9 Å². The number of aromatic nitrogens is 6. The lowest BCUT2D eigenvalue weighted by atomic mass is 10.1. The van der Waals surface area contributed by atoms with Crippen LogP contribution in [0, 0.1) is 5.82 Å². The van der Waals surface area contributed by atoms with E-state index in [2.05, 4.69) is 30.6 Å². The normalized spacial score (nSPS) is 11.8. The minimum absolute atomic E-state index is 0.0457. The molecule has 1 atom stereocenters. The second-order valence-electron chi connectivity index (χ2n) is 7.38. The summed E-state index contributed by atoms with van der Waals surface area (Å²) < 4.78 is 20.9. The number of anilines is 1. The van der Waals surface area contributed by atoms with Crippen LogP contribution in [0.1, 0.15) is 18.2 Å². The molecule has 1 aromatic carbocycles. The van der Waals surface area contributed by atoms with Gasteiger partial charge in [-0.25, -0.2) is 14.4 Å². The average molecular weight is 468 g/mol. The van der Waals surface area contributed by atoms with Crippen molar-refractivity contribution in [1.82, 2.24) is 29.9 Å². The molecule has 0 radical (unpaired) electrons. The fraction of sp³-hybridized carbons (Fsp3) is 0.227. The number of ether oxygens (including phenoxy) is 1. The maximum Gasteiger partial charge on any atom is 0.231 e. The Kier molecular flexibility index (Phi) is 6.98. The highest BCUT2D eigenvalue weighted by Crippen LogP contribution is 2.27. The number of H-pyrrole nitrogens is 1. The molecular formula is C22H22FN7O2S. The van der Waals surface area contributed by atoms with Gasteiger partial charge in [-0.15, -0.1) is 0 Å². The minimum atomic E-state index is -0.274. The molecule has 0 aliphatic heterocycles.